The number of rotatable bonds is 9. The maximum Gasteiger partial charge on any atom is 0.416 e. The van der Waals surface area contributed by atoms with Crippen molar-refractivity contribution in [2.45, 2.75) is 77.0 Å². The molecule has 1 fully saturated rings. The number of hydrogen-bond acceptors (Lipinski definition) is 2. The second kappa shape index (κ2) is 12.0. The summed E-state index contributed by atoms with van der Waals surface area (Å²) in [6.07, 6.45) is -5.55. The highest BCUT2D eigenvalue weighted by Gasteiger charge is 2.52. The lowest BCUT2D eigenvalue weighted by Gasteiger charge is -2.35. The highest BCUT2D eigenvalue weighted by atomic mass is 32.5. The minimum atomic E-state index is -4.57. The summed E-state index contributed by atoms with van der Waals surface area (Å²) in [5.41, 5.74) is -1.01. The molecule has 0 N–H and O–H groups in total. The Bertz CT molecular complexity index is 1070. The standard InChI is InChI=1S/C27H35F6N2OPS/c1-6-7-8-15-23(18(2)3)36-37(38)34(4)24(19-11-9-13-21(16-19)26(28,29)30)25(35(37)5)20-12-10-14-22(17-20)27(31,32)33/h9-14,16-18,23-25H,6-8,15H2,1-5H3/t23?,24-,25-/m1/s1. The summed E-state index contributed by atoms with van der Waals surface area (Å²) in [6.45, 7) is 3.13. The number of nitrogens with zero attached hydrogens (tertiary/aromatic N) is 2. The summed E-state index contributed by atoms with van der Waals surface area (Å²) in [4.78, 5) is 0. The molecule has 0 bridgehead atoms. The fraction of sp³-hybridized carbons (Fsp3) is 0.556. The van der Waals surface area contributed by atoms with Gasteiger partial charge in [0.25, 0.3) is 0 Å². The monoisotopic (exact) mass is 580 g/mol. The first-order valence-electron chi connectivity index (χ1n) is 12.7. The van der Waals surface area contributed by atoms with E-state index in [0.29, 0.717) is 11.1 Å². The number of likely N-dealkylation sites (N-methyl/N-ethyl adjacent to an activating group) is 2. The zero-order valence-corrected chi connectivity index (χ0v) is 23.9. The fourth-order valence-corrected chi connectivity index (χ4v) is 8.50. The molecule has 212 valence electrons. The molecule has 0 aromatic heterocycles. The molecular weight excluding hydrogens is 545 g/mol. The number of benzene rings is 2. The average molecular weight is 581 g/mol. The van der Waals surface area contributed by atoms with Crippen molar-refractivity contribution in [3.8, 4) is 0 Å². The minimum Gasteiger partial charge on any atom is -0.323 e. The summed E-state index contributed by atoms with van der Waals surface area (Å²) < 4.78 is 91.9. The van der Waals surface area contributed by atoms with Crippen LogP contribution in [0.1, 0.15) is 80.8 Å². The molecule has 3 nitrogen and oxygen atoms in total. The molecule has 3 atom stereocenters. The van der Waals surface area contributed by atoms with Crippen LogP contribution in [0.5, 0.6) is 0 Å². The molecule has 0 saturated carbocycles. The molecule has 2 aromatic rings. The lowest BCUT2D eigenvalue weighted by molar-refractivity contribution is -0.138. The topological polar surface area (TPSA) is 15.7 Å². The molecule has 3 rings (SSSR count). The van der Waals surface area contributed by atoms with Gasteiger partial charge in [-0.3, -0.25) is 0 Å². The van der Waals surface area contributed by atoms with Gasteiger partial charge in [-0.15, -0.1) is 0 Å². The normalized spacial score (nSPS) is 21.8. The SMILES string of the molecule is CCCCCC(OP1(=S)N(C)[C@H](c2cccc(C(F)(F)F)c2)[C@@H](c2cccc(C(F)(F)F)c2)N1C)C(C)C. The highest BCUT2D eigenvalue weighted by molar-refractivity contribution is 8.10. The Balaban J connectivity index is 2.14. The van der Waals surface area contributed by atoms with Crippen LogP contribution in [0.2, 0.25) is 0 Å². The van der Waals surface area contributed by atoms with E-state index in [-0.39, 0.29) is 12.0 Å². The number of unbranched alkanes of at least 4 members (excludes halogenated alkanes) is 2. The third kappa shape index (κ3) is 6.64. The Kier molecular flexibility index (Phi) is 9.79. The molecule has 0 amide bonds. The number of halogens is 6. The van der Waals surface area contributed by atoms with Gasteiger partial charge in [0.05, 0.1) is 29.3 Å². The van der Waals surface area contributed by atoms with Crippen molar-refractivity contribution in [3.05, 3.63) is 70.8 Å². The maximum atomic E-state index is 13.6. The Labute approximate surface area is 226 Å². The molecule has 0 spiro atoms. The molecule has 1 unspecified atom stereocenters. The third-order valence-electron chi connectivity index (χ3n) is 7.12. The van der Waals surface area contributed by atoms with Crippen LogP contribution < -0.4 is 0 Å². The molecule has 1 aliphatic heterocycles. The van der Waals surface area contributed by atoms with Crippen LogP contribution in [-0.2, 0) is 28.7 Å². The van der Waals surface area contributed by atoms with Gasteiger partial charge in [-0.2, -0.15) is 26.3 Å². The zero-order valence-electron chi connectivity index (χ0n) is 22.2. The van der Waals surface area contributed by atoms with Gasteiger partial charge in [0.1, 0.15) is 0 Å². The van der Waals surface area contributed by atoms with E-state index < -0.39 is 42.1 Å². The summed E-state index contributed by atoms with van der Waals surface area (Å²) in [6, 6.07) is 8.35. The Morgan fingerprint density at radius 2 is 1.29 bits per heavy atom. The lowest BCUT2D eigenvalue weighted by Crippen LogP contribution is -2.25. The smallest absolute Gasteiger partial charge is 0.323 e. The highest BCUT2D eigenvalue weighted by Crippen LogP contribution is 2.69. The van der Waals surface area contributed by atoms with Crippen LogP contribution in [0.15, 0.2) is 48.5 Å². The van der Waals surface area contributed by atoms with Gasteiger partial charge >= 0.3 is 12.4 Å². The molecule has 11 heteroatoms. The quantitative estimate of drug-likeness (QED) is 0.167. The van der Waals surface area contributed by atoms with Crippen LogP contribution in [0.3, 0.4) is 0 Å². The van der Waals surface area contributed by atoms with Crippen LogP contribution in [0, 0.1) is 5.92 Å². The van der Waals surface area contributed by atoms with E-state index in [4.69, 9.17) is 16.3 Å². The number of hydrogen-bond donors (Lipinski definition) is 0. The second-order valence-corrected chi connectivity index (χ2v) is 14.0. The predicted molar refractivity (Wildman–Crippen MR) is 142 cm³/mol. The largest absolute Gasteiger partial charge is 0.416 e. The predicted octanol–water partition coefficient (Wildman–Crippen LogP) is 9.23. The molecule has 2 aromatic carbocycles. The molecular formula is C27H35F6N2OPS. The molecule has 38 heavy (non-hydrogen) atoms. The Morgan fingerprint density at radius 3 is 1.66 bits per heavy atom. The van der Waals surface area contributed by atoms with Gasteiger partial charge < -0.3 is 4.52 Å². The van der Waals surface area contributed by atoms with Crippen molar-refractivity contribution < 1.29 is 30.9 Å². The van der Waals surface area contributed by atoms with Gasteiger partial charge in [-0.05, 0) is 73.6 Å². The van der Waals surface area contributed by atoms with Crippen molar-refractivity contribution in [3.63, 3.8) is 0 Å². The van der Waals surface area contributed by atoms with E-state index in [2.05, 4.69) is 6.92 Å². The van der Waals surface area contributed by atoms with E-state index in [0.717, 1.165) is 49.9 Å². The lowest BCUT2D eigenvalue weighted by atomic mass is 9.91. The first kappa shape index (κ1) is 31.1. The Hall–Kier alpha value is -1.45. The zero-order chi connectivity index (χ0) is 28.5. The van der Waals surface area contributed by atoms with Gasteiger partial charge in [-0.1, -0.05) is 64.3 Å². The second-order valence-electron chi connectivity index (χ2n) is 10.2. The van der Waals surface area contributed by atoms with Gasteiger partial charge in [0, 0.05) is 0 Å². The summed E-state index contributed by atoms with van der Waals surface area (Å²) in [5.74, 6) is 0.132. The van der Waals surface area contributed by atoms with Crippen molar-refractivity contribution in [1.29, 1.82) is 0 Å². The molecule has 0 aliphatic carbocycles. The first-order chi connectivity index (χ1) is 17.6. The van der Waals surface area contributed by atoms with Crippen LogP contribution in [0.25, 0.3) is 0 Å². The molecule has 0 radical (unpaired) electrons. The average Bonchev–Trinajstić information content (AvgIpc) is 3.03. The molecule has 1 saturated heterocycles. The van der Waals surface area contributed by atoms with Gasteiger partial charge in [0.2, 0.25) is 6.57 Å². The summed E-state index contributed by atoms with van der Waals surface area (Å²) >= 11 is 6.15. The van der Waals surface area contributed by atoms with E-state index in [9.17, 15) is 26.3 Å². The summed E-state index contributed by atoms with van der Waals surface area (Å²) in [7, 11) is 3.42. The van der Waals surface area contributed by atoms with E-state index in [1.54, 1.807) is 35.6 Å². The molecule has 1 aliphatic rings. The Morgan fingerprint density at radius 1 is 0.842 bits per heavy atom. The van der Waals surface area contributed by atoms with Crippen molar-refractivity contribution in [1.82, 2.24) is 9.34 Å². The van der Waals surface area contributed by atoms with E-state index >= 15 is 0 Å². The summed E-state index contributed by atoms with van der Waals surface area (Å²) in [5, 5.41) is 0. The van der Waals surface area contributed by atoms with Crippen LogP contribution >= 0.6 is 6.57 Å². The maximum absolute atomic E-state index is 13.6. The van der Waals surface area contributed by atoms with E-state index in [1.807, 2.05) is 13.8 Å². The third-order valence-corrected chi connectivity index (χ3v) is 11.6. The number of alkyl halides is 6. The van der Waals surface area contributed by atoms with Crippen LogP contribution in [-0.4, -0.2) is 29.5 Å². The molecule has 1 heterocycles. The van der Waals surface area contributed by atoms with Crippen molar-refractivity contribution >= 4 is 18.4 Å². The van der Waals surface area contributed by atoms with E-state index in [1.165, 1.54) is 12.1 Å². The fourth-order valence-electron chi connectivity index (χ4n) is 4.97. The van der Waals surface area contributed by atoms with Gasteiger partial charge in [-0.25, -0.2) is 9.34 Å². The minimum absolute atomic E-state index is 0.132. The van der Waals surface area contributed by atoms with Crippen molar-refractivity contribution in [2.75, 3.05) is 14.1 Å². The van der Waals surface area contributed by atoms with Crippen LogP contribution in [0.4, 0.5) is 26.3 Å². The van der Waals surface area contributed by atoms with Gasteiger partial charge in [0.15, 0.2) is 0 Å². The first-order valence-corrected chi connectivity index (χ1v) is 15.3. The van der Waals surface area contributed by atoms with Crippen molar-refractivity contribution in [2.24, 2.45) is 5.92 Å².